The minimum absolute atomic E-state index is 0.0998. The molecule has 5 heteroatoms. The van der Waals surface area contributed by atoms with Crippen molar-refractivity contribution in [1.29, 1.82) is 0 Å². The summed E-state index contributed by atoms with van der Waals surface area (Å²) in [6.45, 7) is 5.74. The van der Waals surface area contributed by atoms with Gasteiger partial charge in [-0.1, -0.05) is 12.1 Å². The van der Waals surface area contributed by atoms with Crippen molar-refractivity contribution < 1.29 is 9.63 Å². The second-order valence-corrected chi connectivity index (χ2v) is 4.37. The Hall–Kier alpha value is -0.940. The molecule has 0 radical (unpaired) electrons. The van der Waals surface area contributed by atoms with Gasteiger partial charge >= 0.3 is 0 Å². The van der Waals surface area contributed by atoms with Crippen LogP contribution in [0.2, 0.25) is 0 Å². The largest absolute Gasteiger partial charge is 0.392 e. The van der Waals surface area contributed by atoms with Gasteiger partial charge in [0, 0.05) is 13.0 Å². The lowest BCUT2D eigenvalue weighted by atomic mass is 10.1. The van der Waals surface area contributed by atoms with Gasteiger partial charge in [0.25, 0.3) is 0 Å². The summed E-state index contributed by atoms with van der Waals surface area (Å²) in [4.78, 5) is 6.52. The predicted molar refractivity (Wildman–Crippen MR) is 58.9 cm³/mol. The first-order valence-electron chi connectivity index (χ1n) is 5.95. The van der Waals surface area contributed by atoms with E-state index in [1.54, 1.807) is 0 Å². The number of aliphatic hydroxyl groups excluding tert-OH is 1. The van der Waals surface area contributed by atoms with Gasteiger partial charge in [-0.15, -0.1) is 0 Å². The number of piperidine rings is 1. The minimum atomic E-state index is -0.218. The molecular formula is C11H19N3O2. The molecule has 90 valence electrons. The molecule has 2 rings (SSSR count). The molecule has 1 aromatic rings. The van der Waals surface area contributed by atoms with Gasteiger partial charge in [-0.05, 0) is 26.3 Å². The predicted octanol–water partition coefficient (Wildman–Crippen LogP) is 1.15. The fraction of sp³-hybridized carbons (Fsp3) is 0.818. The highest BCUT2D eigenvalue weighted by molar-refractivity contribution is 4.93. The fourth-order valence-electron chi connectivity index (χ4n) is 2.07. The first-order valence-corrected chi connectivity index (χ1v) is 5.95. The maximum Gasteiger partial charge on any atom is 0.243 e. The fourth-order valence-corrected chi connectivity index (χ4v) is 2.07. The normalized spacial score (nSPS) is 24.6. The third kappa shape index (κ3) is 2.41. The summed E-state index contributed by atoms with van der Waals surface area (Å²) in [6.07, 6.45) is 2.50. The van der Waals surface area contributed by atoms with Crippen LogP contribution >= 0.6 is 0 Å². The van der Waals surface area contributed by atoms with E-state index in [4.69, 9.17) is 4.52 Å². The molecule has 1 aromatic heterocycles. The molecule has 0 unspecified atom stereocenters. The second-order valence-electron chi connectivity index (χ2n) is 4.37. The molecule has 0 bridgehead atoms. The Balaban J connectivity index is 2.02. The molecule has 1 fully saturated rings. The van der Waals surface area contributed by atoms with Crippen LogP contribution in [0.3, 0.4) is 0 Å². The third-order valence-corrected chi connectivity index (χ3v) is 3.13. The molecule has 0 saturated carbocycles. The number of likely N-dealkylation sites (tertiary alicyclic amines) is 1. The van der Waals surface area contributed by atoms with Gasteiger partial charge in [0.1, 0.15) is 0 Å². The first-order chi connectivity index (χ1) is 7.70. The number of aryl methyl sites for hydroxylation is 1. The monoisotopic (exact) mass is 225 g/mol. The van der Waals surface area contributed by atoms with E-state index in [2.05, 4.69) is 15.0 Å². The van der Waals surface area contributed by atoms with E-state index in [0.29, 0.717) is 12.4 Å². The van der Waals surface area contributed by atoms with E-state index in [1.165, 1.54) is 0 Å². The zero-order chi connectivity index (χ0) is 11.5. The van der Waals surface area contributed by atoms with Gasteiger partial charge < -0.3 is 9.63 Å². The molecular weight excluding hydrogens is 206 g/mol. The van der Waals surface area contributed by atoms with Crippen LogP contribution in [0.4, 0.5) is 0 Å². The van der Waals surface area contributed by atoms with Crippen molar-refractivity contribution in [2.75, 3.05) is 13.1 Å². The van der Waals surface area contributed by atoms with Crippen LogP contribution in [-0.4, -0.2) is 39.3 Å². The van der Waals surface area contributed by atoms with Crippen LogP contribution < -0.4 is 0 Å². The maximum atomic E-state index is 9.62. The summed E-state index contributed by atoms with van der Waals surface area (Å²) in [6, 6.07) is 0.0998. The van der Waals surface area contributed by atoms with Crippen LogP contribution in [0, 0.1) is 0 Å². The van der Waals surface area contributed by atoms with Crippen molar-refractivity contribution in [3.8, 4) is 0 Å². The number of rotatable bonds is 3. The van der Waals surface area contributed by atoms with E-state index >= 15 is 0 Å². The molecule has 0 aromatic carbocycles. The molecule has 0 spiro atoms. The van der Waals surface area contributed by atoms with Gasteiger partial charge in [0.05, 0.1) is 12.1 Å². The maximum absolute atomic E-state index is 9.62. The summed E-state index contributed by atoms with van der Waals surface area (Å²) >= 11 is 0. The quantitative estimate of drug-likeness (QED) is 0.836. The summed E-state index contributed by atoms with van der Waals surface area (Å²) in [5.74, 6) is 1.41. The second kappa shape index (κ2) is 4.93. The molecule has 5 nitrogen and oxygen atoms in total. The Morgan fingerprint density at radius 3 is 3.06 bits per heavy atom. The first kappa shape index (κ1) is 11.5. The molecule has 1 aliphatic heterocycles. The van der Waals surface area contributed by atoms with Crippen molar-refractivity contribution in [2.45, 2.75) is 45.3 Å². The molecule has 0 amide bonds. The van der Waals surface area contributed by atoms with E-state index in [9.17, 15) is 5.11 Å². The van der Waals surface area contributed by atoms with Gasteiger partial charge in [-0.2, -0.15) is 4.98 Å². The molecule has 2 heterocycles. The highest BCUT2D eigenvalue weighted by atomic mass is 16.5. The topological polar surface area (TPSA) is 62.4 Å². The van der Waals surface area contributed by atoms with Crippen molar-refractivity contribution in [3.05, 3.63) is 11.7 Å². The van der Waals surface area contributed by atoms with Crippen molar-refractivity contribution in [3.63, 3.8) is 0 Å². The van der Waals surface area contributed by atoms with Gasteiger partial charge in [0.15, 0.2) is 5.82 Å². The highest BCUT2D eigenvalue weighted by Gasteiger charge is 2.26. The third-order valence-electron chi connectivity index (χ3n) is 3.13. The minimum Gasteiger partial charge on any atom is -0.392 e. The summed E-state index contributed by atoms with van der Waals surface area (Å²) in [5, 5.41) is 13.5. The number of aliphatic hydroxyl groups is 1. The molecule has 2 atom stereocenters. The molecule has 1 saturated heterocycles. The summed E-state index contributed by atoms with van der Waals surface area (Å²) in [7, 11) is 0. The lowest BCUT2D eigenvalue weighted by molar-refractivity contribution is 0.0422. The number of nitrogens with zero attached hydrogens (tertiary/aromatic N) is 3. The van der Waals surface area contributed by atoms with Crippen LogP contribution in [0.25, 0.3) is 0 Å². The average Bonchev–Trinajstić information content (AvgIpc) is 2.76. The zero-order valence-electron chi connectivity index (χ0n) is 9.89. The molecule has 0 aliphatic carbocycles. The van der Waals surface area contributed by atoms with Crippen LogP contribution in [0.5, 0.6) is 0 Å². The number of hydrogen-bond acceptors (Lipinski definition) is 5. The van der Waals surface area contributed by atoms with E-state index in [1.807, 2.05) is 13.8 Å². The SMILES string of the molecule is CCc1noc([C@H](C)N2CCC[C@@H](O)C2)n1. The summed E-state index contributed by atoms with van der Waals surface area (Å²) in [5.41, 5.74) is 0. The number of aromatic nitrogens is 2. The highest BCUT2D eigenvalue weighted by Crippen LogP contribution is 2.22. The molecule has 16 heavy (non-hydrogen) atoms. The van der Waals surface area contributed by atoms with Crippen molar-refractivity contribution >= 4 is 0 Å². The Labute approximate surface area is 95.4 Å². The van der Waals surface area contributed by atoms with Gasteiger partial charge in [-0.25, -0.2) is 0 Å². The Morgan fingerprint density at radius 1 is 1.62 bits per heavy atom. The Bertz CT molecular complexity index is 340. The van der Waals surface area contributed by atoms with Crippen molar-refractivity contribution in [1.82, 2.24) is 15.0 Å². The summed E-state index contributed by atoms with van der Waals surface area (Å²) < 4.78 is 5.22. The van der Waals surface area contributed by atoms with Gasteiger partial charge in [-0.3, -0.25) is 4.90 Å². The Morgan fingerprint density at radius 2 is 2.44 bits per heavy atom. The number of β-amino-alcohol motifs (C(OH)–C–C–N with tert-alkyl or cyclic N) is 1. The Kier molecular flexibility index (Phi) is 3.56. The zero-order valence-corrected chi connectivity index (χ0v) is 9.89. The average molecular weight is 225 g/mol. The molecule has 1 N–H and O–H groups in total. The van der Waals surface area contributed by atoms with Crippen LogP contribution in [-0.2, 0) is 6.42 Å². The van der Waals surface area contributed by atoms with E-state index in [-0.39, 0.29) is 12.1 Å². The van der Waals surface area contributed by atoms with Crippen LogP contribution in [0.1, 0.15) is 44.4 Å². The smallest absolute Gasteiger partial charge is 0.243 e. The van der Waals surface area contributed by atoms with Crippen LogP contribution in [0.15, 0.2) is 4.52 Å². The number of hydrogen-bond donors (Lipinski definition) is 1. The standard InChI is InChI=1S/C11H19N3O2/c1-3-10-12-11(16-13-10)8(2)14-6-4-5-9(15)7-14/h8-9,15H,3-7H2,1-2H3/t8-,9+/m0/s1. The van der Waals surface area contributed by atoms with Gasteiger partial charge in [0.2, 0.25) is 5.89 Å². The lowest BCUT2D eigenvalue weighted by Gasteiger charge is -2.32. The van der Waals surface area contributed by atoms with E-state index in [0.717, 1.165) is 31.6 Å². The molecule has 1 aliphatic rings. The van der Waals surface area contributed by atoms with E-state index < -0.39 is 0 Å². The van der Waals surface area contributed by atoms with Crippen molar-refractivity contribution in [2.24, 2.45) is 0 Å². The lowest BCUT2D eigenvalue weighted by Crippen LogP contribution is -2.39.